The molecule has 98 valence electrons. The van der Waals surface area contributed by atoms with E-state index >= 15 is 0 Å². The molecule has 0 heterocycles. The van der Waals surface area contributed by atoms with Crippen molar-refractivity contribution in [3.05, 3.63) is 58.1 Å². The predicted molar refractivity (Wildman–Crippen MR) is 79.7 cm³/mol. The Hall–Kier alpha value is -2.00. The normalized spacial score (nSPS) is 10.3. The van der Waals surface area contributed by atoms with Crippen LogP contribution in [0.1, 0.15) is 21.5 Å². The zero-order valence-electron chi connectivity index (χ0n) is 10.8. The molecule has 3 nitrogen and oxygen atoms in total. The molecule has 0 bridgehead atoms. The lowest BCUT2D eigenvalue weighted by molar-refractivity contribution is 0.102. The second-order valence-corrected chi connectivity index (χ2v) is 4.89. The highest BCUT2D eigenvalue weighted by molar-refractivity contribution is 6.31. The highest BCUT2D eigenvalue weighted by Gasteiger charge is 2.12. The maximum Gasteiger partial charge on any atom is 0.257 e. The van der Waals surface area contributed by atoms with Gasteiger partial charge >= 0.3 is 0 Å². The monoisotopic (exact) mass is 274 g/mol. The summed E-state index contributed by atoms with van der Waals surface area (Å²) in [6.07, 6.45) is 0. The molecule has 0 unspecified atom stereocenters. The zero-order chi connectivity index (χ0) is 14.0. The second kappa shape index (κ2) is 5.33. The number of hydrogen-bond acceptors (Lipinski definition) is 2. The summed E-state index contributed by atoms with van der Waals surface area (Å²) in [5.74, 6) is -0.230. The third kappa shape index (κ3) is 2.88. The van der Waals surface area contributed by atoms with Gasteiger partial charge in [-0.05, 0) is 43.2 Å². The molecule has 0 saturated carbocycles. The fraction of sp³-hybridized carbons (Fsp3) is 0.133. The number of anilines is 2. The van der Waals surface area contributed by atoms with Crippen LogP contribution in [0.15, 0.2) is 36.4 Å². The number of carbonyl (C=O) groups excluding carboxylic acids is 1. The van der Waals surface area contributed by atoms with Gasteiger partial charge in [-0.15, -0.1) is 0 Å². The van der Waals surface area contributed by atoms with E-state index in [-0.39, 0.29) is 5.91 Å². The van der Waals surface area contributed by atoms with Crippen molar-refractivity contribution in [1.82, 2.24) is 0 Å². The average Bonchev–Trinajstić information content (AvgIpc) is 2.33. The molecular weight excluding hydrogens is 260 g/mol. The first-order valence-electron chi connectivity index (χ1n) is 5.91. The minimum absolute atomic E-state index is 0.230. The molecule has 0 aliphatic heterocycles. The van der Waals surface area contributed by atoms with Gasteiger partial charge < -0.3 is 11.1 Å². The molecule has 1 amide bonds. The minimum atomic E-state index is -0.230. The van der Waals surface area contributed by atoms with Crippen molar-refractivity contribution < 1.29 is 4.79 Å². The smallest absolute Gasteiger partial charge is 0.257 e. The SMILES string of the molecule is Cc1cccc(C)c1NC(=O)c1ccc(Cl)cc1N. The number of aryl methyl sites for hydroxylation is 2. The van der Waals surface area contributed by atoms with Gasteiger partial charge in [0.2, 0.25) is 0 Å². The van der Waals surface area contributed by atoms with E-state index in [1.807, 2.05) is 32.0 Å². The summed E-state index contributed by atoms with van der Waals surface area (Å²) in [5.41, 5.74) is 9.45. The Morgan fingerprint density at radius 3 is 2.37 bits per heavy atom. The van der Waals surface area contributed by atoms with Crippen LogP contribution >= 0.6 is 11.6 Å². The van der Waals surface area contributed by atoms with Gasteiger partial charge in [0.25, 0.3) is 5.91 Å². The molecule has 0 aliphatic rings. The van der Waals surface area contributed by atoms with Crippen LogP contribution in [0.5, 0.6) is 0 Å². The van der Waals surface area contributed by atoms with E-state index in [0.717, 1.165) is 16.8 Å². The lowest BCUT2D eigenvalue weighted by Gasteiger charge is -2.12. The molecule has 0 aliphatic carbocycles. The first-order valence-corrected chi connectivity index (χ1v) is 6.29. The van der Waals surface area contributed by atoms with Gasteiger partial charge in [0.15, 0.2) is 0 Å². The Morgan fingerprint density at radius 1 is 1.16 bits per heavy atom. The van der Waals surface area contributed by atoms with E-state index in [1.165, 1.54) is 0 Å². The number of nitrogen functional groups attached to an aromatic ring is 1. The predicted octanol–water partition coefficient (Wildman–Crippen LogP) is 3.79. The Kier molecular flexibility index (Phi) is 3.76. The fourth-order valence-corrected chi connectivity index (χ4v) is 2.11. The quantitative estimate of drug-likeness (QED) is 0.819. The Morgan fingerprint density at radius 2 is 1.79 bits per heavy atom. The van der Waals surface area contributed by atoms with Crippen molar-refractivity contribution in [2.24, 2.45) is 0 Å². The molecule has 2 rings (SSSR count). The number of carbonyl (C=O) groups is 1. The molecule has 0 atom stereocenters. The number of halogens is 1. The van der Waals surface area contributed by atoms with Crippen LogP contribution in [0.2, 0.25) is 5.02 Å². The van der Waals surface area contributed by atoms with Crippen molar-refractivity contribution in [3.8, 4) is 0 Å². The van der Waals surface area contributed by atoms with Crippen molar-refractivity contribution in [3.63, 3.8) is 0 Å². The van der Waals surface area contributed by atoms with Crippen molar-refractivity contribution in [2.75, 3.05) is 11.1 Å². The largest absolute Gasteiger partial charge is 0.398 e. The number of amides is 1. The third-order valence-corrected chi connectivity index (χ3v) is 3.21. The summed E-state index contributed by atoms with van der Waals surface area (Å²) in [5, 5.41) is 3.41. The fourth-order valence-electron chi connectivity index (χ4n) is 1.93. The number of nitrogens with two attached hydrogens (primary N) is 1. The van der Waals surface area contributed by atoms with Gasteiger partial charge in [-0.1, -0.05) is 29.8 Å². The van der Waals surface area contributed by atoms with E-state index in [4.69, 9.17) is 17.3 Å². The Balaban J connectivity index is 2.31. The van der Waals surface area contributed by atoms with Gasteiger partial charge in [-0.25, -0.2) is 0 Å². The molecule has 0 radical (unpaired) electrons. The van der Waals surface area contributed by atoms with Crippen molar-refractivity contribution in [1.29, 1.82) is 0 Å². The summed E-state index contributed by atoms with van der Waals surface area (Å²) >= 11 is 5.82. The highest BCUT2D eigenvalue weighted by atomic mass is 35.5. The van der Waals surface area contributed by atoms with Crippen LogP contribution in [0.4, 0.5) is 11.4 Å². The standard InChI is InChI=1S/C15H15ClN2O/c1-9-4-3-5-10(2)14(9)18-15(19)12-7-6-11(16)8-13(12)17/h3-8H,17H2,1-2H3,(H,18,19). The number of hydrogen-bond donors (Lipinski definition) is 2. The van der Waals surface area contributed by atoms with Crippen LogP contribution < -0.4 is 11.1 Å². The molecule has 0 aromatic heterocycles. The summed E-state index contributed by atoms with van der Waals surface area (Å²) in [4.78, 5) is 12.2. The van der Waals surface area contributed by atoms with Crippen LogP contribution in [-0.4, -0.2) is 5.91 Å². The summed E-state index contributed by atoms with van der Waals surface area (Å²) in [6.45, 7) is 3.90. The summed E-state index contributed by atoms with van der Waals surface area (Å²) in [6, 6.07) is 10.7. The molecular formula is C15H15ClN2O. The molecule has 4 heteroatoms. The Labute approximate surface area is 117 Å². The van der Waals surface area contributed by atoms with Gasteiger partial charge in [-0.3, -0.25) is 4.79 Å². The van der Waals surface area contributed by atoms with E-state index in [0.29, 0.717) is 16.3 Å². The van der Waals surface area contributed by atoms with Gasteiger partial charge in [0.1, 0.15) is 0 Å². The summed E-state index contributed by atoms with van der Waals surface area (Å²) in [7, 11) is 0. The lowest BCUT2D eigenvalue weighted by Crippen LogP contribution is -2.15. The molecule has 2 aromatic rings. The topological polar surface area (TPSA) is 55.1 Å². The Bertz CT molecular complexity index is 618. The summed E-state index contributed by atoms with van der Waals surface area (Å²) < 4.78 is 0. The first kappa shape index (κ1) is 13.4. The van der Waals surface area contributed by atoms with Crippen molar-refractivity contribution >= 4 is 28.9 Å². The molecule has 19 heavy (non-hydrogen) atoms. The molecule has 0 fully saturated rings. The van der Waals surface area contributed by atoms with Gasteiger partial charge in [0, 0.05) is 16.4 Å². The number of nitrogens with one attached hydrogen (secondary N) is 1. The third-order valence-electron chi connectivity index (χ3n) is 2.98. The molecule has 3 N–H and O–H groups in total. The number of para-hydroxylation sites is 1. The lowest BCUT2D eigenvalue weighted by atomic mass is 10.1. The van der Waals surface area contributed by atoms with Gasteiger partial charge in [-0.2, -0.15) is 0 Å². The van der Waals surface area contributed by atoms with Crippen molar-refractivity contribution in [2.45, 2.75) is 13.8 Å². The van der Waals surface area contributed by atoms with Crippen LogP contribution in [0, 0.1) is 13.8 Å². The average molecular weight is 275 g/mol. The molecule has 2 aromatic carbocycles. The highest BCUT2D eigenvalue weighted by Crippen LogP contribution is 2.23. The molecule has 0 saturated heterocycles. The van der Waals surface area contributed by atoms with E-state index < -0.39 is 0 Å². The second-order valence-electron chi connectivity index (χ2n) is 4.45. The maximum absolute atomic E-state index is 12.2. The molecule has 0 spiro atoms. The van der Waals surface area contributed by atoms with Crippen LogP contribution in [0.3, 0.4) is 0 Å². The van der Waals surface area contributed by atoms with E-state index in [2.05, 4.69) is 5.32 Å². The van der Waals surface area contributed by atoms with E-state index in [1.54, 1.807) is 18.2 Å². The minimum Gasteiger partial charge on any atom is -0.398 e. The van der Waals surface area contributed by atoms with Gasteiger partial charge in [0.05, 0.1) is 5.56 Å². The van der Waals surface area contributed by atoms with Crippen LogP contribution in [-0.2, 0) is 0 Å². The maximum atomic E-state index is 12.2. The zero-order valence-corrected chi connectivity index (χ0v) is 11.6. The number of benzene rings is 2. The van der Waals surface area contributed by atoms with Crippen LogP contribution in [0.25, 0.3) is 0 Å². The first-order chi connectivity index (χ1) is 8.99. The number of rotatable bonds is 2. The van der Waals surface area contributed by atoms with E-state index in [9.17, 15) is 4.79 Å².